The molecule has 12 rings (SSSR count). The molecule has 0 atom stereocenters. The number of nitrogens with zero attached hydrogens (tertiary/aromatic N) is 1. The molecular formula is C56H35NO. The molecule has 0 spiro atoms. The van der Waals surface area contributed by atoms with E-state index < -0.39 is 0 Å². The number of para-hydroxylation sites is 1. The second-order valence-corrected chi connectivity index (χ2v) is 15.3. The summed E-state index contributed by atoms with van der Waals surface area (Å²) >= 11 is 0. The predicted molar refractivity (Wildman–Crippen MR) is 247 cm³/mol. The topological polar surface area (TPSA) is 16.4 Å². The molecule has 12 aromatic rings. The molecule has 0 amide bonds. The molecule has 0 saturated carbocycles. The number of hydrogen-bond acceptors (Lipinski definition) is 2. The van der Waals surface area contributed by atoms with Gasteiger partial charge in [-0.15, -0.1) is 0 Å². The van der Waals surface area contributed by atoms with Crippen molar-refractivity contribution in [2.24, 2.45) is 0 Å². The van der Waals surface area contributed by atoms with Crippen LogP contribution in [0.15, 0.2) is 217 Å². The van der Waals surface area contributed by atoms with E-state index in [0.29, 0.717) is 0 Å². The first-order valence-electron chi connectivity index (χ1n) is 19.9. The highest BCUT2D eigenvalue weighted by molar-refractivity contribution is 6.17. The summed E-state index contributed by atoms with van der Waals surface area (Å²) in [5.74, 6) is 0. The van der Waals surface area contributed by atoms with Gasteiger partial charge in [-0.3, -0.25) is 0 Å². The third-order valence-electron chi connectivity index (χ3n) is 12.0. The Bertz CT molecular complexity index is 3570. The van der Waals surface area contributed by atoms with E-state index in [1.54, 1.807) is 0 Å². The molecule has 0 unspecified atom stereocenters. The summed E-state index contributed by atoms with van der Waals surface area (Å²) in [7, 11) is 0. The molecule has 2 heteroatoms. The first kappa shape index (κ1) is 32.6. The summed E-state index contributed by atoms with van der Waals surface area (Å²) < 4.78 is 6.62. The monoisotopic (exact) mass is 737 g/mol. The molecule has 0 radical (unpaired) electrons. The summed E-state index contributed by atoms with van der Waals surface area (Å²) in [4.78, 5) is 2.43. The molecule has 58 heavy (non-hydrogen) atoms. The van der Waals surface area contributed by atoms with E-state index in [2.05, 4.69) is 211 Å². The van der Waals surface area contributed by atoms with E-state index in [0.717, 1.165) is 49.8 Å². The zero-order valence-electron chi connectivity index (χ0n) is 31.6. The summed E-state index contributed by atoms with van der Waals surface area (Å²) in [6, 6.07) is 77.3. The molecule has 1 heterocycles. The van der Waals surface area contributed by atoms with Crippen LogP contribution in [-0.4, -0.2) is 0 Å². The van der Waals surface area contributed by atoms with Crippen LogP contribution < -0.4 is 4.90 Å². The molecule has 0 N–H and O–H groups in total. The van der Waals surface area contributed by atoms with Crippen molar-refractivity contribution in [2.45, 2.75) is 0 Å². The highest BCUT2D eigenvalue weighted by atomic mass is 16.3. The maximum atomic E-state index is 6.62. The van der Waals surface area contributed by atoms with Crippen molar-refractivity contribution in [1.29, 1.82) is 0 Å². The van der Waals surface area contributed by atoms with Crippen molar-refractivity contribution in [1.82, 2.24) is 0 Å². The van der Waals surface area contributed by atoms with Crippen LogP contribution >= 0.6 is 0 Å². The summed E-state index contributed by atoms with van der Waals surface area (Å²) in [6.45, 7) is 0. The average Bonchev–Trinajstić information content (AvgIpc) is 3.68. The van der Waals surface area contributed by atoms with Crippen molar-refractivity contribution >= 4 is 92.9 Å². The maximum Gasteiger partial charge on any atom is 0.143 e. The van der Waals surface area contributed by atoms with Gasteiger partial charge in [0.1, 0.15) is 11.2 Å². The predicted octanol–water partition coefficient (Wildman–Crippen LogP) is 16.2. The van der Waals surface area contributed by atoms with Crippen LogP contribution in [0.2, 0.25) is 0 Å². The minimum Gasteiger partial charge on any atom is -0.455 e. The molecule has 1 aromatic heterocycles. The molecule has 0 aliphatic rings. The van der Waals surface area contributed by atoms with Crippen LogP contribution in [0.25, 0.3) is 98.1 Å². The van der Waals surface area contributed by atoms with Gasteiger partial charge in [-0.25, -0.2) is 0 Å². The smallest absolute Gasteiger partial charge is 0.143 e. The molecule has 0 saturated heterocycles. The minimum absolute atomic E-state index is 0.901. The molecule has 2 nitrogen and oxygen atoms in total. The van der Waals surface area contributed by atoms with E-state index in [1.807, 2.05) is 6.07 Å². The van der Waals surface area contributed by atoms with Gasteiger partial charge in [-0.05, 0) is 120 Å². The van der Waals surface area contributed by atoms with Gasteiger partial charge in [0.05, 0.1) is 5.69 Å². The quantitative estimate of drug-likeness (QED) is 0.164. The first-order valence-corrected chi connectivity index (χ1v) is 19.9. The highest BCUT2D eigenvalue weighted by Gasteiger charge is 2.20. The normalized spacial score (nSPS) is 11.8. The molecular weight excluding hydrogens is 703 g/mol. The molecule has 0 aliphatic carbocycles. The fourth-order valence-electron chi connectivity index (χ4n) is 9.25. The zero-order chi connectivity index (χ0) is 38.2. The maximum absolute atomic E-state index is 6.62. The molecule has 270 valence electrons. The number of anilines is 3. The summed E-state index contributed by atoms with van der Waals surface area (Å²) in [5.41, 5.74) is 9.86. The van der Waals surface area contributed by atoms with Gasteiger partial charge in [0.25, 0.3) is 0 Å². The largest absolute Gasteiger partial charge is 0.455 e. The lowest BCUT2D eigenvalue weighted by atomic mass is 9.91. The zero-order valence-corrected chi connectivity index (χ0v) is 31.6. The van der Waals surface area contributed by atoms with Crippen molar-refractivity contribution in [3.05, 3.63) is 212 Å². The van der Waals surface area contributed by atoms with E-state index in [9.17, 15) is 0 Å². The van der Waals surface area contributed by atoms with Crippen molar-refractivity contribution in [3.63, 3.8) is 0 Å². The third kappa shape index (κ3) is 5.12. The van der Waals surface area contributed by atoms with Crippen LogP contribution in [0.1, 0.15) is 0 Å². The number of rotatable bonds is 5. The second-order valence-electron chi connectivity index (χ2n) is 15.3. The fourth-order valence-corrected chi connectivity index (χ4v) is 9.25. The Morgan fingerprint density at radius 3 is 1.72 bits per heavy atom. The minimum atomic E-state index is 0.901. The average molecular weight is 738 g/mol. The lowest BCUT2D eigenvalue weighted by Crippen LogP contribution is -2.11. The van der Waals surface area contributed by atoms with Crippen LogP contribution in [-0.2, 0) is 0 Å². The van der Waals surface area contributed by atoms with Crippen LogP contribution in [0.4, 0.5) is 17.1 Å². The van der Waals surface area contributed by atoms with Crippen molar-refractivity contribution in [2.75, 3.05) is 4.90 Å². The summed E-state index contributed by atoms with van der Waals surface area (Å²) in [5, 5.41) is 14.3. The van der Waals surface area contributed by atoms with Gasteiger partial charge in [0, 0.05) is 32.9 Å². The third-order valence-corrected chi connectivity index (χ3v) is 12.0. The lowest BCUT2D eigenvalue weighted by molar-refractivity contribution is 0.672. The second kappa shape index (κ2) is 12.9. The lowest BCUT2D eigenvalue weighted by Gasteiger charge is -2.28. The van der Waals surface area contributed by atoms with Crippen LogP contribution in [0.3, 0.4) is 0 Å². The number of benzene rings is 11. The van der Waals surface area contributed by atoms with Crippen LogP contribution in [0, 0.1) is 0 Å². The Labute approximate surface area is 335 Å². The molecule has 0 fully saturated rings. The Morgan fingerprint density at radius 2 is 0.897 bits per heavy atom. The van der Waals surface area contributed by atoms with Crippen molar-refractivity contribution in [3.8, 4) is 22.3 Å². The van der Waals surface area contributed by atoms with Gasteiger partial charge in [0.15, 0.2) is 0 Å². The van der Waals surface area contributed by atoms with Gasteiger partial charge < -0.3 is 9.32 Å². The van der Waals surface area contributed by atoms with Gasteiger partial charge in [0.2, 0.25) is 0 Å². The highest BCUT2D eigenvalue weighted by Crippen LogP contribution is 2.46. The number of hydrogen-bond donors (Lipinski definition) is 0. The standard InChI is InChI=1S/C56H35NO/c1-4-16-44-36(12-1)15-11-22-45(44)37-24-28-42(29-25-37)57(43-30-26-38-27-31-51-50-21-9-10-23-55(50)58-56(51)53(38)35-43)54-34-41(32-39-13-3-6-18-47(39)54)52-33-40-14-2-5-17-46(40)48-19-7-8-20-49(48)52/h1-35H. The first-order chi connectivity index (χ1) is 28.7. The van der Waals surface area contributed by atoms with Gasteiger partial charge in [-0.1, -0.05) is 158 Å². The van der Waals surface area contributed by atoms with Crippen molar-refractivity contribution < 1.29 is 4.42 Å². The Hall–Kier alpha value is -7.68. The number of fused-ring (bicyclic) bond motifs is 10. The summed E-state index contributed by atoms with van der Waals surface area (Å²) in [6.07, 6.45) is 0. The Morgan fingerprint density at radius 1 is 0.293 bits per heavy atom. The van der Waals surface area contributed by atoms with E-state index in [-0.39, 0.29) is 0 Å². The van der Waals surface area contributed by atoms with Gasteiger partial charge in [-0.2, -0.15) is 0 Å². The number of furan rings is 1. The molecule has 11 aromatic carbocycles. The van der Waals surface area contributed by atoms with Crippen LogP contribution in [0.5, 0.6) is 0 Å². The molecule has 0 bridgehead atoms. The Kier molecular flexibility index (Phi) is 7.26. The molecule has 0 aliphatic heterocycles. The Balaban J connectivity index is 1.12. The van der Waals surface area contributed by atoms with E-state index in [1.165, 1.54) is 65.3 Å². The van der Waals surface area contributed by atoms with E-state index >= 15 is 0 Å². The van der Waals surface area contributed by atoms with Gasteiger partial charge >= 0.3 is 0 Å². The SMILES string of the molecule is c1ccc2c(-c3ccc(N(c4ccc5ccc6c7ccccc7oc6c5c4)c4cc(-c5cc6ccccc6c6ccccc56)cc5ccccc45)cc3)cccc2c1. The fraction of sp³-hybridized carbons (Fsp3) is 0. The van der Waals surface area contributed by atoms with E-state index in [4.69, 9.17) is 4.42 Å².